The third kappa shape index (κ3) is 2.92. The van der Waals surface area contributed by atoms with Crippen LogP contribution in [0.15, 0.2) is 55.1 Å². The number of hydrogen-bond donors (Lipinski definition) is 0. The molecule has 5 nitrogen and oxygen atoms in total. The molecule has 2 aromatic carbocycles. The molecule has 0 fully saturated rings. The number of fused-ring (bicyclic) bond motifs is 2. The minimum Gasteiger partial charge on any atom is -0.465 e. The smallest absolute Gasteiger partial charge is 0.337 e. The van der Waals surface area contributed by atoms with Crippen LogP contribution >= 0.6 is 8.73 Å². The molecule has 0 aromatic heterocycles. The third-order valence-electron chi connectivity index (χ3n) is 4.09. The van der Waals surface area contributed by atoms with Gasteiger partial charge in [-0.3, -0.25) is 9.46 Å². The summed E-state index contributed by atoms with van der Waals surface area (Å²) in [4.78, 5) is 27.1. The normalized spacial score (nSPS) is 13.4. The lowest BCUT2D eigenvalue weighted by Crippen LogP contribution is -2.21. The average Bonchev–Trinajstić information content (AvgIpc) is 2.75. The minimum atomic E-state index is -0.424. The second kappa shape index (κ2) is 7.08. The van der Waals surface area contributed by atoms with Crippen LogP contribution < -0.4 is 9.57 Å². The Balaban J connectivity index is 2.28. The number of rotatable bonds is 4. The van der Waals surface area contributed by atoms with Crippen molar-refractivity contribution in [2.45, 2.75) is 0 Å². The SMILES string of the molecule is C=CCN1c2ccccc2C(=O)N(PC)c2cc(C(=O)OC)ccc21. The quantitative estimate of drug-likeness (QED) is 0.473. The highest BCUT2D eigenvalue weighted by atomic mass is 31.1. The molecule has 1 aliphatic rings. The standard InChI is InChI=1S/C19H19N2O3P/c1-4-11-20-15-8-6-5-7-14(15)18(22)21(25-3)17-12-13(19(23)24-2)9-10-16(17)20/h4-10,12,25H,1,11H2,2-3H3. The van der Waals surface area contributed by atoms with Crippen LogP contribution in [-0.2, 0) is 4.74 Å². The van der Waals surface area contributed by atoms with Crippen molar-refractivity contribution in [3.05, 3.63) is 66.2 Å². The lowest BCUT2D eigenvalue weighted by molar-refractivity contribution is 0.0600. The number of benzene rings is 2. The molecular weight excluding hydrogens is 335 g/mol. The molecule has 1 unspecified atom stereocenters. The summed E-state index contributed by atoms with van der Waals surface area (Å²) in [6.07, 6.45) is 1.79. The lowest BCUT2D eigenvalue weighted by atomic mass is 10.1. The van der Waals surface area contributed by atoms with Crippen LogP contribution in [0.1, 0.15) is 20.7 Å². The van der Waals surface area contributed by atoms with Gasteiger partial charge in [0.15, 0.2) is 0 Å². The first-order valence-electron chi connectivity index (χ1n) is 7.84. The zero-order chi connectivity index (χ0) is 18.0. The lowest BCUT2D eigenvalue weighted by Gasteiger charge is -2.26. The zero-order valence-corrected chi connectivity index (χ0v) is 15.2. The van der Waals surface area contributed by atoms with Crippen LogP contribution in [0.4, 0.5) is 17.1 Å². The molecule has 0 radical (unpaired) electrons. The van der Waals surface area contributed by atoms with Crippen molar-refractivity contribution in [3.8, 4) is 0 Å². The van der Waals surface area contributed by atoms with E-state index < -0.39 is 5.97 Å². The summed E-state index contributed by atoms with van der Waals surface area (Å²) in [6.45, 7) is 6.33. The van der Waals surface area contributed by atoms with Crippen molar-refractivity contribution in [1.29, 1.82) is 0 Å². The summed E-state index contributed by atoms with van der Waals surface area (Å²) >= 11 is 0. The van der Waals surface area contributed by atoms with Gasteiger partial charge < -0.3 is 9.64 Å². The van der Waals surface area contributed by atoms with Gasteiger partial charge >= 0.3 is 5.97 Å². The second-order valence-electron chi connectivity index (χ2n) is 5.48. The predicted molar refractivity (Wildman–Crippen MR) is 102 cm³/mol. The van der Waals surface area contributed by atoms with Crippen LogP contribution in [0.2, 0.25) is 0 Å². The van der Waals surface area contributed by atoms with E-state index in [0.29, 0.717) is 23.4 Å². The Morgan fingerprint density at radius 1 is 1.20 bits per heavy atom. The van der Waals surface area contributed by atoms with Gasteiger partial charge in [-0.1, -0.05) is 18.2 Å². The number of amides is 1. The maximum Gasteiger partial charge on any atom is 0.337 e. The molecule has 1 heterocycles. The van der Waals surface area contributed by atoms with Crippen LogP contribution in [0, 0.1) is 0 Å². The maximum absolute atomic E-state index is 13.1. The number of hydrogen-bond acceptors (Lipinski definition) is 4. The Kier molecular flexibility index (Phi) is 4.86. The number of nitrogens with zero attached hydrogens (tertiary/aromatic N) is 2. The summed E-state index contributed by atoms with van der Waals surface area (Å²) in [5, 5.41) is 0. The fourth-order valence-electron chi connectivity index (χ4n) is 2.97. The molecule has 3 rings (SSSR count). The van der Waals surface area contributed by atoms with Crippen molar-refractivity contribution in [2.75, 3.05) is 29.9 Å². The largest absolute Gasteiger partial charge is 0.465 e. The Bertz CT molecular complexity index is 850. The summed E-state index contributed by atoms with van der Waals surface area (Å²) in [7, 11) is 1.57. The molecule has 0 bridgehead atoms. The van der Waals surface area contributed by atoms with Crippen molar-refractivity contribution >= 4 is 37.7 Å². The van der Waals surface area contributed by atoms with E-state index in [-0.39, 0.29) is 14.6 Å². The van der Waals surface area contributed by atoms with E-state index in [1.165, 1.54) is 7.11 Å². The van der Waals surface area contributed by atoms with Gasteiger partial charge in [-0.2, -0.15) is 0 Å². The van der Waals surface area contributed by atoms with Crippen molar-refractivity contribution in [1.82, 2.24) is 0 Å². The molecule has 0 saturated heterocycles. The van der Waals surface area contributed by atoms with E-state index >= 15 is 0 Å². The number of methoxy groups -OCH3 is 1. The highest BCUT2D eigenvalue weighted by Crippen LogP contribution is 2.44. The molecule has 1 amide bonds. The number of para-hydroxylation sites is 1. The maximum atomic E-state index is 13.1. The molecule has 1 atom stereocenters. The topological polar surface area (TPSA) is 49.9 Å². The van der Waals surface area contributed by atoms with Crippen LogP contribution in [0.3, 0.4) is 0 Å². The van der Waals surface area contributed by atoms with Gasteiger partial charge in [-0.05, 0) is 45.7 Å². The van der Waals surface area contributed by atoms with Crippen LogP contribution in [0.25, 0.3) is 0 Å². The van der Waals surface area contributed by atoms with Crippen molar-refractivity contribution in [2.24, 2.45) is 0 Å². The number of anilines is 3. The number of carbonyl (C=O) groups is 2. The molecule has 1 aliphatic heterocycles. The summed E-state index contributed by atoms with van der Waals surface area (Å²) < 4.78 is 6.53. The molecule has 0 spiro atoms. The third-order valence-corrected chi connectivity index (χ3v) is 4.98. The molecule has 0 N–H and O–H groups in total. The fourth-order valence-corrected chi connectivity index (χ4v) is 3.72. The second-order valence-corrected chi connectivity index (χ2v) is 6.37. The van der Waals surface area contributed by atoms with E-state index in [9.17, 15) is 9.59 Å². The van der Waals surface area contributed by atoms with Crippen LogP contribution in [0.5, 0.6) is 0 Å². The van der Waals surface area contributed by atoms with E-state index in [1.54, 1.807) is 22.9 Å². The fraction of sp³-hybridized carbons (Fsp3) is 0.158. The summed E-state index contributed by atoms with van der Waals surface area (Å²) in [6, 6.07) is 12.8. The monoisotopic (exact) mass is 354 g/mol. The van der Waals surface area contributed by atoms with Crippen LogP contribution in [-0.4, -0.2) is 32.2 Å². The van der Waals surface area contributed by atoms with Gasteiger partial charge in [0.2, 0.25) is 0 Å². The molecule has 2 aromatic rings. The molecule has 25 heavy (non-hydrogen) atoms. The van der Waals surface area contributed by atoms with E-state index in [0.717, 1.165) is 11.4 Å². The highest BCUT2D eigenvalue weighted by Gasteiger charge is 2.30. The van der Waals surface area contributed by atoms with E-state index in [1.807, 2.05) is 41.9 Å². The van der Waals surface area contributed by atoms with Gasteiger partial charge in [0.1, 0.15) is 0 Å². The first-order chi connectivity index (χ1) is 12.1. The number of carbonyl (C=O) groups excluding carboxylic acids is 2. The molecule has 0 aliphatic carbocycles. The Morgan fingerprint density at radius 2 is 1.96 bits per heavy atom. The summed E-state index contributed by atoms with van der Waals surface area (Å²) in [5.74, 6) is -0.502. The zero-order valence-electron chi connectivity index (χ0n) is 14.2. The first-order valence-corrected chi connectivity index (χ1v) is 9.28. The number of ether oxygens (including phenoxy) is 1. The Labute approximate surface area is 148 Å². The van der Waals surface area contributed by atoms with E-state index in [2.05, 4.69) is 6.58 Å². The number of esters is 1. The highest BCUT2D eigenvalue weighted by molar-refractivity contribution is 7.40. The van der Waals surface area contributed by atoms with Crippen molar-refractivity contribution in [3.63, 3.8) is 0 Å². The first kappa shape index (κ1) is 17.2. The predicted octanol–water partition coefficient (Wildman–Crippen LogP) is 3.98. The van der Waals surface area contributed by atoms with Crippen molar-refractivity contribution < 1.29 is 14.3 Å². The Hall–Kier alpha value is -2.65. The molecular formula is C19H19N2O3P. The van der Waals surface area contributed by atoms with Gasteiger partial charge in [0.05, 0.1) is 35.3 Å². The Morgan fingerprint density at radius 3 is 2.64 bits per heavy atom. The van der Waals surface area contributed by atoms with Gasteiger partial charge in [0.25, 0.3) is 5.91 Å². The molecule has 128 valence electrons. The molecule has 6 heteroatoms. The van der Waals surface area contributed by atoms with Gasteiger partial charge in [-0.15, -0.1) is 6.58 Å². The summed E-state index contributed by atoms with van der Waals surface area (Å²) in [5.41, 5.74) is 3.45. The van der Waals surface area contributed by atoms with Gasteiger partial charge in [-0.25, -0.2) is 4.79 Å². The van der Waals surface area contributed by atoms with E-state index in [4.69, 9.17) is 4.74 Å². The van der Waals surface area contributed by atoms with Gasteiger partial charge in [0, 0.05) is 6.54 Å². The average molecular weight is 354 g/mol. The molecule has 0 saturated carbocycles. The minimum absolute atomic E-state index is 0.0775.